The van der Waals surface area contributed by atoms with Crippen molar-refractivity contribution in [1.82, 2.24) is 14.5 Å². The summed E-state index contributed by atoms with van der Waals surface area (Å²) in [5, 5.41) is 7.50. The number of hydrogen-bond acceptors (Lipinski definition) is 5. The van der Waals surface area contributed by atoms with Crippen LogP contribution in [0.1, 0.15) is 40.7 Å². The maximum Gasteiger partial charge on any atom is 0.274 e. The van der Waals surface area contributed by atoms with Crippen LogP contribution in [0.2, 0.25) is 0 Å². The lowest BCUT2D eigenvalue weighted by Crippen LogP contribution is -2.23. The number of nitrogens with one attached hydrogen (secondary N) is 2. The molecule has 1 amide bonds. The third kappa shape index (κ3) is 4.74. The number of carbonyl (C=O) groups excluding carboxylic acids is 1. The maximum atomic E-state index is 13.1. The number of aromatic nitrogens is 2. The van der Waals surface area contributed by atoms with Crippen molar-refractivity contribution in [3.63, 3.8) is 0 Å². The number of carbonyl (C=O) groups is 1. The molecule has 0 atom stereocenters. The number of furan rings is 1. The zero-order valence-electron chi connectivity index (χ0n) is 17.6. The first kappa shape index (κ1) is 21.2. The Hall–Kier alpha value is -3.69. The van der Waals surface area contributed by atoms with E-state index < -0.39 is 10.0 Å². The Morgan fingerprint density at radius 1 is 1.03 bits per heavy atom. The van der Waals surface area contributed by atoms with Crippen LogP contribution in [-0.2, 0) is 16.6 Å². The molecule has 2 N–H and O–H groups in total. The Morgan fingerprint density at radius 2 is 1.79 bits per heavy atom. The molecule has 0 aliphatic heterocycles. The molecule has 0 spiro atoms. The topological polar surface area (TPSA) is 106 Å². The average Bonchev–Trinajstić information content (AvgIpc) is 3.36. The first-order valence-corrected chi connectivity index (χ1v) is 12.1. The number of benzene rings is 2. The minimum atomic E-state index is -3.71. The summed E-state index contributed by atoms with van der Waals surface area (Å²) in [5.74, 6) is 0.604. The van der Waals surface area contributed by atoms with Crippen molar-refractivity contribution in [2.75, 3.05) is 5.32 Å². The zero-order chi connectivity index (χ0) is 22.8. The first-order chi connectivity index (χ1) is 16.0. The van der Waals surface area contributed by atoms with Crippen molar-refractivity contribution in [3.05, 3.63) is 96.2 Å². The quantitative estimate of drug-likeness (QED) is 0.411. The van der Waals surface area contributed by atoms with Gasteiger partial charge in [-0.3, -0.25) is 4.79 Å². The lowest BCUT2D eigenvalue weighted by molar-refractivity contribution is 0.101. The van der Waals surface area contributed by atoms with Gasteiger partial charge in [-0.1, -0.05) is 18.2 Å². The fourth-order valence-electron chi connectivity index (χ4n) is 3.48. The van der Waals surface area contributed by atoms with Crippen LogP contribution >= 0.6 is 0 Å². The first-order valence-electron chi connectivity index (χ1n) is 10.6. The molecule has 0 saturated heterocycles. The van der Waals surface area contributed by atoms with E-state index in [4.69, 9.17) is 4.42 Å². The molecule has 1 aliphatic rings. The largest absolute Gasteiger partial charge is 0.468 e. The average molecular weight is 463 g/mol. The molecule has 2 heterocycles. The van der Waals surface area contributed by atoms with Gasteiger partial charge in [0.05, 0.1) is 29.1 Å². The summed E-state index contributed by atoms with van der Waals surface area (Å²) >= 11 is 0. The van der Waals surface area contributed by atoms with Gasteiger partial charge >= 0.3 is 0 Å². The van der Waals surface area contributed by atoms with Crippen LogP contribution in [0.3, 0.4) is 0 Å². The summed E-state index contributed by atoms with van der Waals surface area (Å²) in [6.07, 6.45) is 3.64. The van der Waals surface area contributed by atoms with E-state index in [2.05, 4.69) is 15.1 Å². The minimum absolute atomic E-state index is 0.0562. The van der Waals surface area contributed by atoms with Crippen LogP contribution in [0.15, 0.2) is 88.4 Å². The van der Waals surface area contributed by atoms with E-state index in [0.717, 1.165) is 24.2 Å². The number of hydrogen-bond donors (Lipinski definition) is 2. The fraction of sp³-hybridized carbons (Fsp3) is 0.167. The Kier molecular flexibility index (Phi) is 5.57. The van der Waals surface area contributed by atoms with E-state index in [1.54, 1.807) is 28.9 Å². The molecule has 0 radical (unpaired) electrons. The van der Waals surface area contributed by atoms with E-state index in [9.17, 15) is 13.2 Å². The third-order valence-electron chi connectivity index (χ3n) is 5.40. The van der Waals surface area contributed by atoms with Gasteiger partial charge in [-0.05, 0) is 67.4 Å². The molecule has 1 fully saturated rings. The highest BCUT2D eigenvalue weighted by Gasteiger charge is 2.29. The van der Waals surface area contributed by atoms with E-state index in [1.165, 1.54) is 18.4 Å². The second-order valence-electron chi connectivity index (χ2n) is 7.86. The van der Waals surface area contributed by atoms with Gasteiger partial charge in [-0.15, -0.1) is 0 Å². The van der Waals surface area contributed by atoms with Crippen molar-refractivity contribution < 1.29 is 17.6 Å². The molecule has 33 heavy (non-hydrogen) atoms. The Morgan fingerprint density at radius 3 is 2.45 bits per heavy atom. The van der Waals surface area contributed by atoms with E-state index in [1.807, 2.05) is 36.4 Å². The highest BCUT2D eigenvalue weighted by atomic mass is 32.2. The predicted octanol–water partition coefficient (Wildman–Crippen LogP) is 4.07. The minimum Gasteiger partial charge on any atom is -0.468 e. The smallest absolute Gasteiger partial charge is 0.274 e. The van der Waals surface area contributed by atoms with Gasteiger partial charge in [0.2, 0.25) is 10.0 Å². The fourth-order valence-corrected chi connectivity index (χ4v) is 4.47. The maximum absolute atomic E-state index is 13.1. The molecule has 9 heteroatoms. The summed E-state index contributed by atoms with van der Waals surface area (Å²) in [6.45, 7) is 0.0562. The van der Waals surface area contributed by atoms with Crippen LogP contribution < -0.4 is 10.0 Å². The lowest BCUT2D eigenvalue weighted by Gasteiger charge is -2.10. The molecule has 168 valence electrons. The molecule has 4 aromatic rings. The molecule has 5 rings (SSSR count). The lowest BCUT2D eigenvalue weighted by atomic mass is 10.2. The highest BCUT2D eigenvalue weighted by molar-refractivity contribution is 7.89. The van der Waals surface area contributed by atoms with Crippen LogP contribution in [-0.4, -0.2) is 24.1 Å². The summed E-state index contributed by atoms with van der Waals surface area (Å²) in [4.78, 5) is 13.2. The van der Waals surface area contributed by atoms with Crippen molar-refractivity contribution in [3.8, 4) is 5.69 Å². The molecule has 1 saturated carbocycles. The molecule has 1 aliphatic carbocycles. The van der Waals surface area contributed by atoms with Crippen LogP contribution in [0.25, 0.3) is 5.69 Å². The normalized spacial score (nSPS) is 13.7. The van der Waals surface area contributed by atoms with Gasteiger partial charge in [-0.2, -0.15) is 5.10 Å². The summed E-state index contributed by atoms with van der Waals surface area (Å²) in [5.41, 5.74) is 2.63. The molecular weight excluding hydrogens is 440 g/mol. The standard InChI is InChI=1S/C24H22N4O4S/c29-24(23-15-22(17-8-9-17)27-28(23)19-5-2-1-3-6-19)26-18-10-12-21(13-11-18)33(30,31)25-16-20-7-4-14-32-20/h1-7,10-15,17,25H,8-9,16H2,(H,26,29). The van der Waals surface area contributed by atoms with Crippen LogP contribution in [0.4, 0.5) is 5.69 Å². The van der Waals surface area contributed by atoms with Gasteiger partial charge in [0, 0.05) is 11.6 Å². The van der Waals surface area contributed by atoms with Gasteiger partial charge in [0.25, 0.3) is 5.91 Å². The molecule has 0 unspecified atom stereocenters. The van der Waals surface area contributed by atoms with Crippen LogP contribution in [0.5, 0.6) is 0 Å². The predicted molar refractivity (Wildman–Crippen MR) is 123 cm³/mol. The van der Waals surface area contributed by atoms with Crippen LogP contribution in [0, 0.1) is 0 Å². The van der Waals surface area contributed by atoms with Gasteiger partial charge < -0.3 is 9.73 Å². The van der Waals surface area contributed by atoms with E-state index in [0.29, 0.717) is 23.1 Å². The molecule has 0 bridgehead atoms. The number of amides is 1. The summed E-state index contributed by atoms with van der Waals surface area (Å²) < 4.78 is 34.3. The van der Waals surface area contributed by atoms with Gasteiger partial charge in [0.1, 0.15) is 11.5 Å². The number of rotatable bonds is 8. The second kappa shape index (κ2) is 8.68. The molecule has 2 aromatic carbocycles. The SMILES string of the molecule is O=C(Nc1ccc(S(=O)(=O)NCc2ccco2)cc1)c1cc(C2CC2)nn1-c1ccccc1. The number of sulfonamides is 1. The van der Waals surface area contributed by atoms with E-state index >= 15 is 0 Å². The number of para-hydroxylation sites is 1. The molecule has 2 aromatic heterocycles. The van der Waals surface area contributed by atoms with Crippen molar-refractivity contribution in [2.24, 2.45) is 0 Å². The second-order valence-corrected chi connectivity index (χ2v) is 9.63. The Labute approximate surface area is 191 Å². The monoisotopic (exact) mass is 462 g/mol. The van der Waals surface area contributed by atoms with E-state index in [-0.39, 0.29) is 17.3 Å². The van der Waals surface area contributed by atoms with Gasteiger partial charge in [-0.25, -0.2) is 17.8 Å². The summed E-state index contributed by atoms with van der Waals surface area (Å²) in [7, 11) is -3.71. The van der Waals surface area contributed by atoms with Crippen molar-refractivity contribution in [1.29, 1.82) is 0 Å². The summed E-state index contributed by atoms with van der Waals surface area (Å²) in [6, 6.07) is 20.7. The third-order valence-corrected chi connectivity index (χ3v) is 6.81. The Bertz CT molecular complexity index is 1360. The molecular formula is C24H22N4O4S. The number of anilines is 1. The zero-order valence-corrected chi connectivity index (χ0v) is 18.5. The Balaban J connectivity index is 1.32. The number of nitrogens with zero attached hydrogens (tertiary/aromatic N) is 2. The molecule has 8 nitrogen and oxygen atoms in total. The van der Waals surface area contributed by atoms with Crippen molar-refractivity contribution in [2.45, 2.75) is 30.2 Å². The van der Waals surface area contributed by atoms with Gasteiger partial charge in [0.15, 0.2) is 0 Å². The van der Waals surface area contributed by atoms with Crippen molar-refractivity contribution >= 4 is 21.6 Å². The highest BCUT2D eigenvalue weighted by Crippen LogP contribution is 2.39.